The van der Waals surface area contributed by atoms with E-state index < -0.39 is 11.0 Å². The number of nitro groups is 1. The number of ether oxygens (including phenoxy) is 1. The van der Waals surface area contributed by atoms with Gasteiger partial charge in [0.2, 0.25) is 0 Å². The molecule has 0 bridgehead atoms. The molecule has 2 atom stereocenters. The molecule has 1 fully saturated rings. The van der Waals surface area contributed by atoms with Crippen LogP contribution in [-0.4, -0.2) is 52.7 Å². The van der Waals surface area contributed by atoms with E-state index in [2.05, 4.69) is 0 Å². The van der Waals surface area contributed by atoms with Crippen LogP contribution in [0.2, 0.25) is 0 Å². The van der Waals surface area contributed by atoms with Crippen molar-refractivity contribution in [2.24, 2.45) is 0 Å². The van der Waals surface area contributed by atoms with Crippen molar-refractivity contribution in [2.75, 3.05) is 19.8 Å². The molecule has 108 valence electrons. The van der Waals surface area contributed by atoms with E-state index in [0.29, 0.717) is 6.61 Å². The first-order valence-corrected chi connectivity index (χ1v) is 6.30. The van der Waals surface area contributed by atoms with Crippen molar-refractivity contribution in [3.05, 3.63) is 39.9 Å². The molecule has 1 saturated heterocycles. The molecule has 7 nitrogen and oxygen atoms in total. The van der Waals surface area contributed by atoms with E-state index in [4.69, 9.17) is 9.84 Å². The zero-order valence-corrected chi connectivity index (χ0v) is 11.1. The Kier molecular flexibility index (Phi) is 4.31. The van der Waals surface area contributed by atoms with Gasteiger partial charge in [-0.1, -0.05) is 6.07 Å². The molecule has 20 heavy (non-hydrogen) atoms. The van der Waals surface area contributed by atoms with E-state index in [1.54, 1.807) is 11.0 Å². The van der Waals surface area contributed by atoms with Crippen LogP contribution >= 0.6 is 0 Å². The van der Waals surface area contributed by atoms with Crippen LogP contribution in [-0.2, 0) is 4.74 Å². The molecule has 1 N–H and O–H groups in total. The maximum absolute atomic E-state index is 12.4. The van der Waals surface area contributed by atoms with Crippen LogP contribution in [0, 0.1) is 10.1 Å². The Balaban J connectivity index is 2.21. The number of hydrogen-bond donors (Lipinski definition) is 1. The summed E-state index contributed by atoms with van der Waals surface area (Å²) in [4.78, 5) is 24.2. The second-order valence-corrected chi connectivity index (χ2v) is 4.75. The second kappa shape index (κ2) is 5.98. The van der Waals surface area contributed by atoms with Gasteiger partial charge < -0.3 is 14.7 Å². The van der Waals surface area contributed by atoms with Crippen molar-refractivity contribution in [1.29, 1.82) is 0 Å². The lowest BCUT2D eigenvalue weighted by Gasteiger charge is -2.37. The third kappa shape index (κ3) is 2.94. The first-order valence-electron chi connectivity index (χ1n) is 6.30. The molecule has 1 aliphatic rings. The van der Waals surface area contributed by atoms with Gasteiger partial charge in [0.05, 0.1) is 30.3 Å². The lowest BCUT2D eigenvalue weighted by atomic mass is 10.1. The maximum Gasteiger partial charge on any atom is 0.270 e. The number of rotatable bonds is 3. The van der Waals surface area contributed by atoms with Crippen LogP contribution in [0.25, 0.3) is 0 Å². The number of morpholine rings is 1. The summed E-state index contributed by atoms with van der Waals surface area (Å²) in [7, 11) is 0. The quantitative estimate of drug-likeness (QED) is 0.653. The van der Waals surface area contributed by atoms with Crippen molar-refractivity contribution in [3.63, 3.8) is 0 Å². The van der Waals surface area contributed by atoms with E-state index in [1.807, 2.05) is 6.92 Å². The summed E-state index contributed by atoms with van der Waals surface area (Å²) in [5.41, 5.74) is 0.153. The predicted molar refractivity (Wildman–Crippen MR) is 70.4 cm³/mol. The Bertz CT molecular complexity index is 519. The van der Waals surface area contributed by atoms with Crippen molar-refractivity contribution in [3.8, 4) is 0 Å². The highest BCUT2D eigenvalue weighted by atomic mass is 16.6. The van der Waals surface area contributed by atoms with Crippen LogP contribution in [0.3, 0.4) is 0 Å². The van der Waals surface area contributed by atoms with Gasteiger partial charge in [0.15, 0.2) is 0 Å². The van der Waals surface area contributed by atoms with Gasteiger partial charge in [0, 0.05) is 24.2 Å². The summed E-state index contributed by atoms with van der Waals surface area (Å²) in [6, 6.07) is 5.50. The molecule has 0 saturated carbocycles. The lowest BCUT2D eigenvalue weighted by Crippen LogP contribution is -2.52. The molecular formula is C13H16N2O5. The van der Waals surface area contributed by atoms with Gasteiger partial charge in [-0.05, 0) is 13.0 Å². The summed E-state index contributed by atoms with van der Waals surface area (Å²) in [6.45, 7) is 2.29. The molecule has 0 spiro atoms. The smallest absolute Gasteiger partial charge is 0.270 e. The fourth-order valence-corrected chi connectivity index (χ4v) is 2.13. The molecule has 1 aromatic rings. The molecule has 0 radical (unpaired) electrons. The van der Waals surface area contributed by atoms with Gasteiger partial charge in [-0.3, -0.25) is 14.9 Å². The van der Waals surface area contributed by atoms with E-state index in [9.17, 15) is 14.9 Å². The molecule has 7 heteroatoms. The third-order valence-corrected chi connectivity index (χ3v) is 3.27. The minimum absolute atomic E-state index is 0.115. The summed E-state index contributed by atoms with van der Waals surface area (Å²) < 4.78 is 5.37. The maximum atomic E-state index is 12.4. The van der Waals surface area contributed by atoms with Crippen molar-refractivity contribution in [1.82, 2.24) is 4.90 Å². The normalized spacial score (nSPS) is 22.6. The van der Waals surface area contributed by atoms with Crippen LogP contribution in [0.4, 0.5) is 5.69 Å². The Labute approximate surface area is 115 Å². The Morgan fingerprint density at radius 3 is 3.00 bits per heavy atom. The summed E-state index contributed by atoms with van der Waals surface area (Å²) in [5.74, 6) is -0.289. The molecular weight excluding hydrogens is 264 g/mol. The van der Waals surface area contributed by atoms with Crippen molar-refractivity contribution in [2.45, 2.75) is 19.1 Å². The molecule has 0 aromatic heterocycles. The van der Waals surface area contributed by atoms with Gasteiger partial charge >= 0.3 is 0 Å². The highest BCUT2D eigenvalue weighted by molar-refractivity contribution is 5.95. The number of aliphatic hydroxyl groups is 1. The number of carbonyl (C=O) groups is 1. The zero-order valence-electron chi connectivity index (χ0n) is 11.1. The topological polar surface area (TPSA) is 92.9 Å². The van der Waals surface area contributed by atoms with E-state index in [-0.39, 0.29) is 36.4 Å². The van der Waals surface area contributed by atoms with Crippen molar-refractivity contribution < 1.29 is 19.6 Å². The fourth-order valence-electron chi connectivity index (χ4n) is 2.13. The molecule has 1 aliphatic heterocycles. The van der Waals surface area contributed by atoms with E-state index in [1.165, 1.54) is 18.2 Å². The standard InChI is InChI=1S/C13H16N2O5/c1-9-8-20-12(7-16)6-14(9)13(17)10-3-2-4-11(5-10)15(18)19/h2-5,9,12,16H,6-8H2,1H3. The molecule has 0 aliphatic carbocycles. The predicted octanol–water partition coefficient (Wildman–Crippen LogP) is 0.817. The Morgan fingerprint density at radius 2 is 2.35 bits per heavy atom. The minimum atomic E-state index is -0.532. The van der Waals surface area contributed by atoms with Gasteiger partial charge in [0.1, 0.15) is 0 Å². The summed E-state index contributed by atoms with van der Waals surface area (Å²) in [6.07, 6.45) is -0.408. The number of aliphatic hydroxyl groups excluding tert-OH is 1. The lowest BCUT2D eigenvalue weighted by molar-refractivity contribution is -0.384. The number of non-ortho nitro benzene ring substituents is 1. The number of hydrogen-bond acceptors (Lipinski definition) is 5. The highest BCUT2D eigenvalue weighted by Crippen LogP contribution is 2.19. The number of carbonyl (C=O) groups excluding carboxylic acids is 1. The molecule has 2 unspecified atom stereocenters. The average Bonchev–Trinajstić information content (AvgIpc) is 2.47. The second-order valence-electron chi connectivity index (χ2n) is 4.75. The summed E-state index contributed by atoms with van der Waals surface area (Å²) in [5, 5.41) is 19.9. The van der Waals surface area contributed by atoms with Gasteiger partial charge in [-0.2, -0.15) is 0 Å². The molecule has 2 rings (SSSR count). The zero-order chi connectivity index (χ0) is 14.7. The van der Waals surface area contributed by atoms with Crippen LogP contribution < -0.4 is 0 Å². The average molecular weight is 280 g/mol. The molecule has 1 aromatic carbocycles. The Hall–Kier alpha value is -1.99. The Morgan fingerprint density at radius 1 is 1.60 bits per heavy atom. The summed E-state index contributed by atoms with van der Waals surface area (Å²) >= 11 is 0. The van der Waals surface area contributed by atoms with Crippen molar-refractivity contribution >= 4 is 11.6 Å². The largest absolute Gasteiger partial charge is 0.394 e. The number of nitrogens with zero attached hydrogens (tertiary/aromatic N) is 2. The minimum Gasteiger partial charge on any atom is -0.394 e. The number of amides is 1. The highest BCUT2D eigenvalue weighted by Gasteiger charge is 2.30. The van der Waals surface area contributed by atoms with Crippen LogP contribution in [0.15, 0.2) is 24.3 Å². The number of benzene rings is 1. The van der Waals surface area contributed by atoms with Gasteiger partial charge in [-0.15, -0.1) is 0 Å². The molecule has 1 amide bonds. The first-order chi connectivity index (χ1) is 9.52. The van der Waals surface area contributed by atoms with Crippen LogP contribution in [0.5, 0.6) is 0 Å². The first kappa shape index (κ1) is 14.4. The number of nitro benzene ring substituents is 1. The molecule has 1 heterocycles. The van der Waals surface area contributed by atoms with E-state index in [0.717, 1.165) is 0 Å². The fraction of sp³-hybridized carbons (Fsp3) is 0.462. The van der Waals surface area contributed by atoms with Gasteiger partial charge in [-0.25, -0.2) is 0 Å². The SMILES string of the molecule is CC1COC(CO)CN1C(=O)c1cccc([N+](=O)[O-])c1. The third-order valence-electron chi connectivity index (χ3n) is 3.27. The van der Waals surface area contributed by atoms with Gasteiger partial charge in [0.25, 0.3) is 11.6 Å². The monoisotopic (exact) mass is 280 g/mol. The van der Waals surface area contributed by atoms with E-state index >= 15 is 0 Å². The van der Waals surface area contributed by atoms with Crippen LogP contribution in [0.1, 0.15) is 17.3 Å².